The number of hydrogen-bond donors (Lipinski definition) is 1. The number of aliphatic hydroxyl groups is 1. The van der Waals surface area contributed by atoms with Crippen molar-refractivity contribution in [3.8, 4) is 0 Å². The van der Waals surface area contributed by atoms with Gasteiger partial charge in [0.15, 0.2) is 0 Å². The summed E-state index contributed by atoms with van der Waals surface area (Å²) >= 11 is 0. The van der Waals surface area contributed by atoms with E-state index in [1.54, 1.807) is 0 Å². The highest BCUT2D eigenvalue weighted by Crippen LogP contribution is 2.59. The van der Waals surface area contributed by atoms with Gasteiger partial charge in [0.05, 0.1) is 0 Å². The molecule has 0 amide bonds. The van der Waals surface area contributed by atoms with E-state index in [-0.39, 0.29) is 5.41 Å². The zero-order valence-electron chi connectivity index (χ0n) is 13.1. The van der Waals surface area contributed by atoms with E-state index in [0.717, 1.165) is 23.7 Å². The van der Waals surface area contributed by atoms with Crippen LogP contribution in [-0.4, -0.2) is 11.7 Å². The fraction of sp³-hybridized carbons (Fsp3) is 1.00. The lowest BCUT2D eigenvalue weighted by molar-refractivity contribution is -0.0820. The first-order valence-corrected chi connectivity index (χ1v) is 8.56. The van der Waals surface area contributed by atoms with Gasteiger partial charge in [-0.05, 0) is 79.4 Å². The molecule has 0 bridgehead atoms. The molecule has 0 aromatic heterocycles. The van der Waals surface area contributed by atoms with Crippen molar-refractivity contribution < 1.29 is 5.11 Å². The smallest absolute Gasteiger partial charge is 0.0487 e. The Kier molecular flexibility index (Phi) is 3.48. The summed E-state index contributed by atoms with van der Waals surface area (Å²) < 4.78 is 0. The van der Waals surface area contributed by atoms with Crippen LogP contribution < -0.4 is 0 Å². The zero-order chi connectivity index (χ0) is 13.7. The molecule has 19 heavy (non-hydrogen) atoms. The third-order valence-corrected chi connectivity index (χ3v) is 7.03. The minimum absolute atomic E-state index is 0.237. The number of aliphatic hydroxyl groups excluding tert-OH is 1. The summed E-state index contributed by atoms with van der Waals surface area (Å²) in [5, 5.41) is 9.87. The van der Waals surface area contributed by atoms with Crippen LogP contribution in [0.4, 0.5) is 0 Å². The maximum absolute atomic E-state index is 9.87. The molecule has 1 N–H and O–H groups in total. The van der Waals surface area contributed by atoms with Gasteiger partial charge in [0.1, 0.15) is 0 Å². The first kappa shape index (κ1) is 13.9. The fourth-order valence-corrected chi connectivity index (χ4v) is 5.95. The highest BCUT2D eigenvalue weighted by atomic mass is 16.3. The minimum Gasteiger partial charge on any atom is -0.396 e. The van der Waals surface area contributed by atoms with Gasteiger partial charge >= 0.3 is 0 Å². The van der Waals surface area contributed by atoms with Crippen molar-refractivity contribution in [2.45, 2.75) is 72.1 Å². The van der Waals surface area contributed by atoms with Crippen LogP contribution in [0.25, 0.3) is 0 Å². The second-order valence-electron chi connectivity index (χ2n) is 8.88. The molecular formula is C18H32O. The van der Waals surface area contributed by atoms with E-state index >= 15 is 0 Å². The molecule has 0 heterocycles. The molecule has 0 aromatic rings. The molecule has 3 fully saturated rings. The number of rotatable bonds is 1. The molecule has 0 aliphatic heterocycles. The van der Waals surface area contributed by atoms with Crippen molar-refractivity contribution in [2.75, 3.05) is 6.61 Å². The van der Waals surface area contributed by atoms with Crippen molar-refractivity contribution in [1.82, 2.24) is 0 Å². The average Bonchev–Trinajstić information content (AvgIpc) is 2.37. The average molecular weight is 264 g/mol. The summed E-state index contributed by atoms with van der Waals surface area (Å²) in [6.45, 7) is 7.70. The fourth-order valence-electron chi connectivity index (χ4n) is 5.95. The second-order valence-corrected chi connectivity index (χ2v) is 8.88. The second kappa shape index (κ2) is 4.76. The summed E-state index contributed by atoms with van der Waals surface area (Å²) in [7, 11) is 0. The zero-order valence-corrected chi connectivity index (χ0v) is 13.1. The molecule has 0 spiro atoms. The Morgan fingerprint density at radius 1 is 0.947 bits per heavy atom. The van der Waals surface area contributed by atoms with Crippen LogP contribution in [0.5, 0.6) is 0 Å². The van der Waals surface area contributed by atoms with E-state index in [0.29, 0.717) is 12.0 Å². The molecule has 3 aliphatic rings. The predicted molar refractivity (Wildman–Crippen MR) is 79.9 cm³/mol. The van der Waals surface area contributed by atoms with E-state index in [1.807, 2.05) is 0 Å². The SMILES string of the molecule is CC1(C)CCC2C(CCC3C2CCC[C@@]3(C)CO)C1. The van der Waals surface area contributed by atoms with Gasteiger partial charge in [-0.15, -0.1) is 0 Å². The van der Waals surface area contributed by atoms with Crippen molar-refractivity contribution >= 4 is 0 Å². The standard InChI is InChI=1S/C18H32O/c1-17(2)10-8-14-13(11-17)6-7-16-15(14)5-4-9-18(16,3)12-19/h13-16,19H,4-12H2,1-3H3/t13?,14?,15?,16?,18-/m0/s1. The quantitative estimate of drug-likeness (QED) is 0.731. The van der Waals surface area contributed by atoms with E-state index < -0.39 is 0 Å². The highest BCUT2D eigenvalue weighted by Gasteiger charge is 2.50. The molecule has 0 radical (unpaired) electrons. The molecule has 3 aliphatic carbocycles. The first-order valence-electron chi connectivity index (χ1n) is 8.56. The van der Waals surface area contributed by atoms with Crippen molar-refractivity contribution in [3.05, 3.63) is 0 Å². The lowest BCUT2D eigenvalue weighted by atomic mass is 9.49. The molecule has 110 valence electrons. The molecule has 1 heteroatoms. The summed E-state index contributed by atoms with van der Waals surface area (Å²) in [5.74, 6) is 3.72. The summed E-state index contributed by atoms with van der Waals surface area (Å²) in [5.41, 5.74) is 0.823. The molecule has 4 unspecified atom stereocenters. The Morgan fingerprint density at radius 2 is 1.74 bits per heavy atom. The van der Waals surface area contributed by atoms with Crippen molar-refractivity contribution in [3.63, 3.8) is 0 Å². The molecule has 3 saturated carbocycles. The molecule has 0 saturated heterocycles. The largest absolute Gasteiger partial charge is 0.396 e. The first-order chi connectivity index (χ1) is 8.95. The van der Waals surface area contributed by atoms with Crippen LogP contribution in [0.3, 0.4) is 0 Å². The summed E-state index contributed by atoms with van der Waals surface area (Å²) in [6, 6.07) is 0. The van der Waals surface area contributed by atoms with Crippen LogP contribution in [0, 0.1) is 34.5 Å². The van der Waals surface area contributed by atoms with E-state index in [9.17, 15) is 5.11 Å². The number of hydrogen-bond acceptors (Lipinski definition) is 1. The van der Waals surface area contributed by atoms with Crippen molar-refractivity contribution in [2.24, 2.45) is 34.5 Å². The third kappa shape index (κ3) is 2.37. The summed E-state index contributed by atoms with van der Waals surface area (Å²) in [6.07, 6.45) is 11.2. The third-order valence-electron chi connectivity index (χ3n) is 7.03. The van der Waals surface area contributed by atoms with E-state index in [1.165, 1.54) is 51.4 Å². The van der Waals surface area contributed by atoms with Gasteiger partial charge in [0, 0.05) is 6.61 Å². The normalized spacial score (nSPS) is 49.3. The topological polar surface area (TPSA) is 20.2 Å². The Labute approximate surface area is 119 Å². The van der Waals surface area contributed by atoms with Crippen LogP contribution >= 0.6 is 0 Å². The van der Waals surface area contributed by atoms with Crippen LogP contribution in [0.2, 0.25) is 0 Å². The van der Waals surface area contributed by atoms with Gasteiger partial charge in [-0.2, -0.15) is 0 Å². The molecule has 5 atom stereocenters. The predicted octanol–water partition coefficient (Wildman–Crippen LogP) is 4.64. The van der Waals surface area contributed by atoms with Crippen LogP contribution in [-0.2, 0) is 0 Å². The minimum atomic E-state index is 0.237. The Bertz CT molecular complexity index is 335. The Hall–Kier alpha value is -0.0400. The van der Waals surface area contributed by atoms with Gasteiger partial charge in [-0.3, -0.25) is 0 Å². The van der Waals surface area contributed by atoms with Gasteiger partial charge in [-0.25, -0.2) is 0 Å². The molecule has 1 nitrogen and oxygen atoms in total. The van der Waals surface area contributed by atoms with Gasteiger partial charge in [0.25, 0.3) is 0 Å². The number of fused-ring (bicyclic) bond motifs is 3. The molecule has 0 aromatic carbocycles. The van der Waals surface area contributed by atoms with Crippen molar-refractivity contribution in [1.29, 1.82) is 0 Å². The van der Waals surface area contributed by atoms with Gasteiger partial charge in [0.2, 0.25) is 0 Å². The monoisotopic (exact) mass is 264 g/mol. The van der Waals surface area contributed by atoms with E-state index in [2.05, 4.69) is 20.8 Å². The van der Waals surface area contributed by atoms with Crippen LogP contribution in [0.1, 0.15) is 72.1 Å². The molecule has 3 rings (SSSR count). The highest BCUT2D eigenvalue weighted by molar-refractivity contribution is 5.00. The van der Waals surface area contributed by atoms with Gasteiger partial charge in [-0.1, -0.05) is 27.2 Å². The van der Waals surface area contributed by atoms with E-state index in [4.69, 9.17) is 0 Å². The Morgan fingerprint density at radius 3 is 2.47 bits per heavy atom. The lowest BCUT2D eigenvalue weighted by Gasteiger charge is -2.56. The van der Waals surface area contributed by atoms with Gasteiger partial charge < -0.3 is 5.11 Å². The Balaban J connectivity index is 1.79. The maximum Gasteiger partial charge on any atom is 0.0487 e. The maximum atomic E-state index is 9.87. The summed E-state index contributed by atoms with van der Waals surface area (Å²) in [4.78, 5) is 0. The molecular weight excluding hydrogens is 232 g/mol. The van der Waals surface area contributed by atoms with Crippen LogP contribution in [0.15, 0.2) is 0 Å². The lowest BCUT2D eigenvalue weighted by Crippen LogP contribution is -2.49.